The van der Waals surface area contributed by atoms with Gasteiger partial charge in [0.2, 0.25) is 11.6 Å². The second kappa shape index (κ2) is 6.12. The number of carbonyl (C=O) groups is 1. The van der Waals surface area contributed by atoms with E-state index in [1.165, 1.54) is 12.1 Å². The average molecular weight is 340 g/mol. The number of nitrogens with zero attached hydrogens (tertiary/aromatic N) is 5. The summed E-state index contributed by atoms with van der Waals surface area (Å²) in [5.74, 6) is 0.170. The van der Waals surface area contributed by atoms with Gasteiger partial charge in [0.1, 0.15) is 18.2 Å². The molecule has 1 atom stereocenters. The number of nitrogens with one attached hydrogen (secondary N) is 1. The fourth-order valence-corrected chi connectivity index (χ4v) is 3.20. The zero-order chi connectivity index (χ0) is 17.4. The number of anilines is 2. The molecule has 0 aliphatic carbocycles. The van der Waals surface area contributed by atoms with Crippen LogP contribution in [0.5, 0.6) is 0 Å². The Hall–Kier alpha value is -3.03. The molecule has 1 saturated heterocycles. The Balaban J connectivity index is 1.61. The molecule has 128 valence electrons. The number of amides is 1. The van der Waals surface area contributed by atoms with Crippen molar-refractivity contribution in [3.63, 3.8) is 0 Å². The van der Waals surface area contributed by atoms with Crippen molar-refractivity contribution in [3.8, 4) is 0 Å². The first-order valence-corrected chi connectivity index (χ1v) is 8.12. The van der Waals surface area contributed by atoms with Crippen LogP contribution in [-0.4, -0.2) is 38.1 Å². The molecule has 4 rings (SSSR count). The zero-order valence-corrected chi connectivity index (χ0v) is 13.7. The van der Waals surface area contributed by atoms with E-state index in [1.54, 1.807) is 41.0 Å². The third kappa shape index (κ3) is 2.79. The van der Waals surface area contributed by atoms with Crippen LogP contribution in [0.2, 0.25) is 0 Å². The highest BCUT2D eigenvalue weighted by Gasteiger charge is 2.31. The Morgan fingerprint density at radius 2 is 2.24 bits per heavy atom. The maximum absolute atomic E-state index is 13.4. The summed E-state index contributed by atoms with van der Waals surface area (Å²) in [6.45, 7) is 2.42. The van der Waals surface area contributed by atoms with Gasteiger partial charge in [0.15, 0.2) is 5.82 Å². The number of aryl methyl sites for hydroxylation is 1. The minimum atomic E-state index is -0.409. The van der Waals surface area contributed by atoms with E-state index in [0.29, 0.717) is 24.4 Å². The first-order chi connectivity index (χ1) is 12.1. The first kappa shape index (κ1) is 15.5. The number of aromatic nitrogens is 4. The predicted octanol–water partition coefficient (Wildman–Crippen LogP) is 2.18. The van der Waals surface area contributed by atoms with Crippen LogP contribution in [0, 0.1) is 12.7 Å². The van der Waals surface area contributed by atoms with E-state index in [2.05, 4.69) is 20.5 Å². The molecule has 0 unspecified atom stereocenters. The summed E-state index contributed by atoms with van der Waals surface area (Å²) in [6.07, 6.45) is 6.51. The summed E-state index contributed by atoms with van der Waals surface area (Å²) < 4.78 is 15.1. The number of piperidine rings is 1. The fraction of sp³-hybridized carbons (Fsp3) is 0.294. The Kier molecular flexibility index (Phi) is 3.79. The van der Waals surface area contributed by atoms with Gasteiger partial charge in [-0.2, -0.15) is 0 Å². The van der Waals surface area contributed by atoms with Crippen LogP contribution in [-0.2, 0) is 4.79 Å². The molecule has 0 radical (unpaired) electrons. The first-order valence-electron chi connectivity index (χ1n) is 8.12. The van der Waals surface area contributed by atoms with Gasteiger partial charge in [0.25, 0.3) is 0 Å². The number of rotatable bonds is 3. The average Bonchev–Trinajstić information content (AvgIpc) is 3.07. The van der Waals surface area contributed by atoms with Crippen molar-refractivity contribution in [3.05, 3.63) is 48.3 Å². The highest BCUT2D eigenvalue weighted by Crippen LogP contribution is 2.26. The molecule has 25 heavy (non-hydrogen) atoms. The molecule has 1 fully saturated rings. The fourth-order valence-electron chi connectivity index (χ4n) is 3.20. The minimum absolute atomic E-state index is 0.0516. The summed E-state index contributed by atoms with van der Waals surface area (Å²) in [5.41, 5.74) is 2.06. The van der Waals surface area contributed by atoms with Gasteiger partial charge in [0.05, 0.1) is 0 Å². The van der Waals surface area contributed by atoms with Crippen molar-refractivity contribution in [2.75, 3.05) is 16.8 Å². The number of fused-ring (bicyclic) bond motifs is 1. The molecule has 1 amide bonds. The largest absolute Gasteiger partial charge is 0.355 e. The smallest absolute Gasteiger partial charge is 0.249 e. The molecule has 1 aromatic carbocycles. The van der Waals surface area contributed by atoms with Crippen molar-refractivity contribution < 1.29 is 9.18 Å². The SMILES string of the molecule is Cc1cc(F)ccc1N1CCC[C@H](Nc2nccn3cnnc23)C1=O. The van der Waals surface area contributed by atoms with E-state index in [-0.39, 0.29) is 11.7 Å². The van der Waals surface area contributed by atoms with Gasteiger partial charge in [0, 0.05) is 24.6 Å². The van der Waals surface area contributed by atoms with Crippen molar-refractivity contribution >= 4 is 23.1 Å². The lowest BCUT2D eigenvalue weighted by atomic mass is 10.0. The molecule has 0 saturated carbocycles. The van der Waals surface area contributed by atoms with E-state index < -0.39 is 6.04 Å². The van der Waals surface area contributed by atoms with Gasteiger partial charge in [-0.3, -0.25) is 9.20 Å². The second-order valence-corrected chi connectivity index (χ2v) is 6.10. The standard InChI is InChI=1S/C17H17FN6O/c1-11-9-12(18)4-5-14(11)24-7-2-3-13(17(24)25)21-15-16-22-20-10-23(16)8-6-19-15/h4-6,8-10,13H,2-3,7H2,1H3,(H,19,21)/t13-/m0/s1. The van der Waals surface area contributed by atoms with Crippen molar-refractivity contribution in [2.24, 2.45) is 0 Å². The molecule has 0 spiro atoms. The van der Waals surface area contributed by atoms with E-state index in [0.717, 1.165) is 17.7 Å². The molecule has 8 heteroatoms. The third-order valence-electron chi connectivity index (χ3n) is 4.42. The van der Waals surface area contributed by atoms with Gasteiger partial charge in [-0.05, 0) is 43.5 Å². The maximum atomic E-state index is 13.4. The van der Waals surface area contributed by atoms with Crippen LogP contribution in [0.3, 0.4) is 0 Å². The van der Waals surface area contributed by atoms with Gasteiger partial charge in [-0.25, -0.2) is 9.37 Å². The molecule has 1 aliphatic heterocycles. The number of halogens is 1. The predicted molar refractivity (Wildman–Crippen MR) is 90.9 cm³/mol. The summed E-state index contributed by atoms with van der Waals surface area (Å²) in [5, 5.41) is 11.1. The van der Waals surface area contributed by atoms with Crippen molar-refractivity contribution in [1.82, 2.24) is 19.6 Å². The lowest BCUT2D eigenvalue weighted by molar-refractivity contribution is -0.120. The molecule has 3 aromatic rings. The Morgan fingerprint density at radius 1 is 1.36 bits per heavy atom. The monoisotopic (exact) mass is 340 g/mol. The second-order valence-electron chi connectivity index (χ2n) is 6.10. The summed E-state index contributed by atoms with van der Waals surface area (Å²) >= 11 is 0. The van der Waals surface area contributed by atoms with Gasteiger partial charge < -0.3 is 10.2 Å². The summed E-state index contributed by atoms with van der Waals surface area (Å²) in [7, 11) is 0. The normalized spacial score (nSPS) is 17.9. The van der Waals surface area contributed by atoms with Crippen molar-refractivity contribution in [2.45, 2.75) is 25.8 Å². The number of hydrogen-bond acceptors (Lipinski definition) is 5. The van der Waals surface area contributed by atoms with Crippen LogP contribution >= 0.6 is 0 Å². The van der Waals surface area contributed by atoms with E-state index in [1.807, 2.05) is 0 Å². The molecule has 1 aliphatic rings. The van der Waals surface area contributed by atoms with Crippen LogP contribution in [0.4, 0.5) is 15.9 Å². The molecule has 2 aromatic heterocycles. The quantitative estimate of drug-likeness (QED) is 0.791. The molecular weight excluding hydrogens is 323 g/mol. The van der Waals surface area contributed by atoms with E-state index in [9.17, 15) is 9.18 Å². The molecule has 7 nitrogen and oxygen atoms in total. The van der Waals surface area contributed by atoms with E-state index >= 15 is 0 Å². The highest BCUT2D eigenvalue weighted by atomic mass is 19.1. The molecule has 0 bridgehead atoms. The topological polar surface area (TPSA) is 75.4 Å². The Morgan fingerprint density at radius 3 is 3.08 bits per heavy atom. The lowest BCUT2D eigenvalue weighted by Crippen LogP contribution is -2.48. The maximum Gasteiger partial charge on any atom is 0.249 e. The van der Waals surface area contributed by atoms with Gasteiger partial charge in [-0.1, -0.05) is 0 Å². The molecule has 1 N–H and O–H groups in total. The van der Waals surface area contributed by atoms with Gasteiger partial charge >= 0.3 is 0 Å². The zero-order valence-electron chi connectivity index (χ0n) is 13.7. The van der Waals surface area contributed by atoms with Gasteiger partial charge in [-0.15, -0.1) is 10.2 Å². The lowest BCUT2D eigenvalue weighted by Gasteiger charge is -2.33. The number of hydrogen-bond donors (Lipinski definition) is 1. The van der Waals surface area contributed by atoms with Crippen molar-refractivity contribution in [1.29, 1.82) is 0 Å². The van der Waals surface area contributed by atoms with E-state index in [4.69, 9.17) is 0 Å². The summed E-state index contributed by atoms with van der Waals surface area (Å²) in [6, 6.07) is 4.07. The third-order valence-corrected chi connectivity index (χ3v) is 4.42. The highest BCUT2D eigenvalue weighted by molar-refractivity contribution is 6.00. The Labute approximate surface area is 143 Å². The molecular formula is C17H17FN6O. The van der Waals surface area contributed by atoms with Crippen LogP contribution < -0.4 is 10.2 Å². The van der Waals surface area contributed by atoms with Crippen LogP contribution in [0.15, 0.2) is 36.9 Å². The van der Waals surface area contributed by atoms with Crippen LogP contribution in [0.1, 0.15) is 18.4 Å². The Bertz CT molecular complexity index is 940. The number of carbonyl (C=O) groups excluding carboxylic acids is 1. The molecule has 3 heterocycles. The minimum Gasteiger partial charge on any atom is -0.355 e. The summed E-state index contributed by atoms with van der Waals surface area (Å²) in [4.78, 5) is 18.9. The van der Waals surface area contributed by atoms with Crippen LogP contribution in [0.25, 0.3) is 5.65 Å². The number of benzene rings is 1.